The molecule has 1 aromatic carbocycles. The van der Waals surface area contributed by atoms with Crippen molar-refractivity contribution in [2.24, 2.45) is 0 Å². The zero-order chi connectivity index (χ0) is 13.3. The average Bonchev–Trinajstić information content (AvgIpc) is 2.33. The Labute approximate surface area is 117 Å². The quantitative estimate of drug-likeness (QED) is 0.459. The highest BCUT2D eigenvalue weighted by Gasteiger charge is 2.14. The fourth-order valence-corrected chi connectivity index (χ4v) is 2.18. The molecule has 0 amide bonds. The summed E-state index contributed by atoms with van der Waals surface area (Å²) in [5.41, 5.74) is 0.631. The van der Waals surface area contributed by atoms with Crippen LogP contribution in [0.3, 0.4) is 0 Å². The molecule has 0 unspecified atom stereocenters. The Morgan fingerprint density at radius 1 is 1.17 bits per heavy atom. The smallest absolute Gasteiger partial charge is 0.213 e. The first-order valence-corrected chi connectivity index (χ1v) is 5.93. The summed E-state index contributed by atoms with van der Waals surface area (Å²) in [6.45, 7) is 0. The van der Waals surface area contributed by atoms with Crippen LogP contribution < -0.4 is 0 Å². The van der Waals surface area contributed by atoms with E-state index in [2.05, 4.69) is 4.98 Å². The molecule has 6 heteroatoms. The van der Waals surface area contributed by atoms with Crippen LogP contribution in [0.4, 0.5) is 4.39 Å². The normalized spacial score (nSPS) is 10.4. The first-order chi connectivity index (χ1) is 8.52. The van der Waals surface area contributed by atoms with Crippen LogP contribution in [0.25, 0.3) is 11.3 Å². The number of halogens is 4. The summed E-state index contributed by atoms with van der Waals surface area (Å²) < 4.78 is 13.2. The molecule has 2 aromatic rings. The number of pyridine rings is 1. The summed E-state index contributed by atoms with van der Waals surface area (Å²) in [6.07, 6.45) is 0.562. The van der Waals surface area contributed by atoms with Crippen molar-refractivity contribution >= 4 is 41.1 Å². The van der Waals surface area contributed by atoms with Gasteiger partial charge >= 0.3 is 0 Å². The van der Waals surface area contributed by atoms with Gasteiger partial charge in [-0.3, -0.25) is 4.79 Å². The first-order valence-electron chi connectivity index (χ1n) is 4.79. The number of aromatic nitrogens is 1. The third-order valence-electron chi connectivity index (χ3n) is 2.27. The second kappa shape index (κ2) is 5.22. The number of carbonyl (C=O) groups excluding carboxylic acids is 1. The molecule has 92 valence electrons. The Morgan fingerprint density at radius 2 is 1.89 bits per heavy atom. The van der Waals surface area contributed by atoms with Crippen LogP contribution in [-0.2, 0) is 0 Å². The van der Waals surface area contributed by atoms with E-state index in [1.54, 1.807) is 0 Å². The lowest BCUT2D eigenvalue weighted by Crippen LogP contribution is -1.95. The first kappa shape index (κ1) is 13.3. The van der Waals surface area contributed by atoms with Gasteiger partial charge in [0.05, 0.1) is 15.7 Å². The van der Waals surface area contributed by atoms with E-state index in [1.807, 2.05) is 0 Å². The number of hydrogen-bond donors (Lipinski definition) is 0. The Kier molecular flexibility index (Phi) is 3.85. The highest BCUT2D eigenvalue weighted by Crippen LogP contribution is 2.36. The number of hydrogen-bond acceptors (Lipinski definition) is 2. The minimum Gasteiger partial charge on any atom is -0.298 e. The van der Waals surface area contributed by atoms with Crippen molar-refractivity contribution in [2.75, 3.05) is 0 Å². The lowest BCUT2D eigenvalue weighted by molar-refractivity contribution is 0.112. The minimum atomic E-state index is -0.720. The van der Waals surface area contributed by atoms with Gasteiger partial charge in [-0.2, -0.15) is 4.39 Å². The van der Waals surface area contributed by atoms with Gasteiger partial charge in [-0.1, -0.05) is 34.8 Å². The van der Waals surface area contributed by atoms with E-state index < -0.39 is 5.95 Å². The minimum absolute atomic E-state index is 0.111. The van der Waals surface area contributed by atoms with E-state index >= 15 is 0 Å². The van der Waals surface area contributed by atoms with Crippen LogP contribution in [0.2, 0.25) is 15.1 Å². The molecule has 0 N–H and O–H groups in total. The summed E-state index contributed by atoms with van der Waals surface area (Å²) in [5, 5.41) is 0.701. The van der Waals surface area contributed by atoms with Gasteiger partial charge in [-0.25, -0.2) is 4.98 Å². The van der Waals surface area contributed by atoms with Crippen molar-refractivity contribution in [2.45, 2.75) is 0 Å². The van der Waals surface area contributed by atoms with Gasteiger partial charge in [-0.05, 0) is 24.3 Å². The Balaban J connectivity index is 2.75. The standard InChI is InChI=1S/C12H5Cl3FNO/c13-7-3-8(11(15)9(14)4-7)12-6(5-18)1-2-10(16)17-12/h1-5H. The number of aldehydes is 1. The van der Waals surface area contributed by atoms with Crippen molar-refractivity contribution in [1.29, 1.82) is 0 Å². The fourth-order valence-electron chi connectivity index (χ4n) is 1.49. The van der Waals surface area contributed by atoms with Gasteiger partial charge in [0.1, 0.15) is 0 Å². The maximum Gasteiger partial charge on any atom is 0.213 e. The van der Waals surface area contributed by atoms with Crippen LogP contribution in [0.15, 0.2) is 24.3 Å². The summed E-state index contributed by atoms with van der Waals surface area (Å²) >= 11 is 17.7. The third-order valence-corrected chi connectivity index (χ3v) is 3.29. The van der Waals surface area contributed by atoms with E-state index in [4.69, 9.17) is 34.8 Å². The summed E-state index contributed by atoms with van der Waals surface area (Å²) in [5.74, 6) is -0.720. The average molecular weight is 305 g/mol. The SMILES string of the molecule is O=Cc1ccc(F)nc1-c1cc(Cl)cc(Cl)c1Cl. The molecule has 2 rings (SSSR count). The van der Waals surface area contributed by atoms with Crippen molar-refractivity contribution in [3.63, 3.8) is 0 Å². The molecule has 0 atom stereocenters. The Hall–Kier alpha value is -1.16. The molecule has 0 aliphatic rings. The number of rotatable bonds is 2. The number of carbonyl (C=O) groups is 1. The zero-order valence-electron chi connectivity index (χ0n) is 8.75. The van der Waals surface area contributed by atoms with Crippen LogP contribution >= 0.6 is 34.8 Å². The molecule has 0 saturated heterocycles. The number of benzene rings is 1. The van der Waals surface area contributed by atoms with E-state index in [0.717, 1.165) is 6.07 Å². The van der Waals surface area contributed by atoms with Crippen molar-refractivity contribution in [1.82, 2.24) is 4.98 Å². The van der Waals surface area contributed by atoms with Gasteiger partial charge in [-0.15, -0.1) is 0 Å². The summed E-state index contributed by atoms with van der Waals surface area (Å²) in [7, 11) is 0. The Bertz CT molecular complexity index is 631. The molecule has 0 radical (unpaired) electrons. The van der Waals surface area contributed by atoms with Gasteiger partial charge < -0.3 is 0 Å². The van der Waals surface area contributed by atoms with Crippen LogP contribution in [0.1, 0.15) is 10.4 Å². The lowest BCUT2D eigenvalue weighted by Gasteiger charge is -2.08. The molecule has 0 aliphatic heterocycles. The van der Waals surface area contributed by atoms with E-state index in [1.165, 1.54) is 18.2 Å². The molecule has 0 saturated carbocycles. The van der Waals surface area contributed by atoms with Gasteiger partial charge in [0, 0.05) is 16.1 Å². The molecule has 0 bridgehead atoms. The molecule has 2 nitrogen and oxygen atoms in total. The van der Waals surface area contributed by atoms with Crippen LogP contribution in [0.5, 0.6) is 0 Å². The molecule has 18 heavy (non-hydrogen) atoms. The van der Waals surface area contributed by atoms with Crippen molar-refractivity contribution < 1.29 is 9.18 Å². The van der Waals surface area contributed by atoms with E-state index in [-0.39, 0.29) is 21.3 Å². The van der Waals surface area contributed by atoms with Crippen molar-refractivity contribution in [3.8, 4) is 11.3 Å². The van der Waals surface area contributed by atoms with Crippen molar-refractivity contribution in [3.05, 3.63) is 50.8 Å². The second-order valence-corrected chi connectivity index (χ2v) is 4.66. The van der Waals surface area contributed by atoms with Gasteiger partial charge in [0.2, 0.25) is 5.95 Å². The summed E-state index contributed by atoms with van der Waals surface area (Å²) in [6, 6.07) is 5.34. The van der Waals surface area contributed by atoms with Gasteiger partial charge in [0.25, 0.3) is 0 Å². The predicted molar refractivity (Wildman–Crippen MR) is 70.0 cm³/mol. The van der Waals surface area contributed by atoms with E-state index in [0.29, 0.717) is 16.9 Å². The maximum atomic E-state index is 13.2. The molecule has 0 fully saturated rings. The molecular formula is C12H5Cl3FNO. The molecule has 0 spiro atoms. The van der Waals surface area contributed by atoms with Crippen LogP contribution in [0, 0.1) is 5.95 Å². The summed E-state index contributed by atoms with van der Waals surface area (Å²) in [4.78, 5) is 14.6. The zero-order valence-corrected chi connectivity index (χ0v) is 11.0. The highest BCUT2D eigenvalue weighted by atomic mass is 35.5. The molecule has 0 aliphatic carbocycles. The third kappa shape index (κ3) is 2.48. The predicted octanol–water partition coefficient (Wildman–Crippen LogP) is 4.66. The highest BCUT2D eigenvalue weighted by molar-refractivity contribution is 6.45. The Morgan fingerprint density at radius 3 is 2.56 bits per heavy atom. The largest absolute Gasteiger partial charge is 0.298 e. The van der Waals surface area contributed by atoms with Gasteiger partial charge in [0.15, 0.2) is 6.29 Å². The number of nitrogens with zero attached hydrogens (tertiary/aromatic N) is 1. The fraction of sp³-hybridized carbons (Fsp3) is 0. The maximum absolute atomic E-state index is 13.2. The lowest BCUT2D eigenvalue weighted by atomic mass is 10.1. The molecule has 1 aromatic heterocycles. The van der Waals surface area contributed by atoms with E-state index in [9.17, 15) is 9.18 Å². The molecular weight excluding hydrogens is 299 g/mol. The second-order valence-electron chi connectivity index (χ2n) is 3.44. The monoisotopic (exact) mass is 303 g/mol. The topological polar surface area (TPSA) is 30.0 Å². The molecule has 1 heterocycles. The van der Waals surface area contributed by atoms with Crippen LogP contribution in [-0.4, -0.2) is 11.3 Å².